The van der Waals surface area contributed by atoms with Crippen LogP contribution in [-0.2, 0) is 9.59 Å². The number of nitrogens with zero attached hydrogens (tertiary/aromatic N) is 1. The molecule has 0 aromatic heterocycles. The molecule has 1 aliphatic rings. The van der Waals surface area contributed by atoms with Crippen LogP contribution in [0.1, 0.15) is 11.1 Å². The van der Waals surface area contributed by atoms with Gasteiger partial charge in [0.2, 0.25) is 5.91 Å². The standard InChI is InChI=1S/C19H15ClN2O3S/c1-12-3-2-4-15(9-12)21-17(23)11-22-18(24)16(26-19(22)25)10-13-5-7-14(20)8-6-13/h2-10H,11H2,1H3,(H,21,23). The molecule has 26 heavy (non-hydrogen) atoms. The van der Waals surface area contributed by atoms with Crippen LogP contribution in [0.15, 0.2) is 53.4 Å². The Hall–Kier alpha value is -2.57. The van der Waals surface area contributed by atoms with Crippen LogP contribution in [0.5, 0.6) is 0 Å². The predicted octanol–water partition coefficient (Wildman–Crippen LogP) is 4.32. The molecule has 5 nitrogen and oxygen atoms in total. The van der Waals surface area contributed by atoms with Gasteiger partial charge in [0.25, 0.3) is 11.1 Å². The number of halogens is 1. The van der Waals surface area contributed by atoms with Crippen molar-refractivity contribution in [3.05, 3.63) is 69.6 Å². The van der Waals surface area contributed by atoms with E-state index in [0.29, 0.717) is 10.7 Å². The van der Waals surface area contributed by atoms with Crippen molar-refractivity contribution >= 4 is 52.2 Å². The molecule has 0 bridgehead atoms. The minimum atomic E-state index is -0.477. The number of hydrogen-bond donors (Lipinski definition) is 1. The van der Waals surface area contributed by atoms with E-state index in [9.17, 15) is 14.4 Å². The summed E-state index contributed by atoms with van der Waals surface area (Å²) >= 11 is 6.65. The topological polar surface area (TPSA) is 66.5 Å². The van der Waals surface area contributed by atoms with Crippen molar-refractivity contribution in [2.75, 3.05) is 11.9 Å². The molecule has 132 valence electrons. The molecule has 1 fully saturated rings. The second-order valence-corrected chi connectivity index (χ2v) is 7.17. The minimum absolute atomic E-state index is 0.278. The van der Waals surface area contributed by atoms with E-state index in [2.05, 4.69) is 5.32 Å². The van der Waals surface area contributed by atoms with Crippen molar-refractivity contribution < 1.29 is 14.4 Å². The predicted molar refractivity (Wildman–Crippen MR) is 104 cm³/mol. The fourth-order valence-electron chi connectivity index (χ4n) is 2.41. The van der Waals surface area contributed by atoms with Gasteiger partial charge in [-0.25, -0.2) is 0 Å². The maximum Gasteiger partial charge on any atom is 0.294 e. The van der Waals surface area contributed by atoms with E-state index in [1.54, 1.807) is 36.4 Å². The number of rotatable bonds is 4. The molecule has 2 aromatic rings. The summed E-state index contributed by atoms with van der Waals surface area (Å²) in [5.41, 5.74) is 2.38. The van der Waals surface area contributed by atoms with Gasteiger partial charge in [0.15, 0.2) is 0 Å². The first-order valence-corrected chi connectivity index (χ1v) is 8.99. The van der Waals surface area contributed by atoms with Crippen LogP contribution >= 0.6 is 23.4 Å². The van der Waals surface area contributed by atoms with Crippen LogP contribution in [0.3, 0.4) is 0 Å². The molecule has 0 aliphatic carbocycles. The number of amides is 3. The van der Waals surface area contributed by atoms with Crippen LogP contribution in [0.2, 0.25) is 5.02 Å². The van der Waals surface area contributed by atoms with Crippen molar-refractivity contribution in [2.24, 2.45) is 0 Å². The molecule has 1 saturated heterocycles. The Kier molecular flexibility index (Phi) is 5.44. The lowest BCUT2D eigenvalue weighted by atomic mass is 10.2. The lowest BCUT2D eigenvalue weighted by Gasteiger charge is -2.12. The number of anilines is 1. The molecule has 3 rings (SSSR count). The number of carbonyl (C=O) groups excluding carboxylic acids is 3. The third kappa shape index (κ3) is 4.33. The summed E-state index contributed by atoms with van der Waals surface area (Å²) in [7, 11) is 0. The average Bonchev–Trinajstić information content (AvgIpc) is 2.84. The summed E-state index contributed by atoms with van der Waals surface area (Å²) in [5.74, 6) is -0.903. The van der Waals surface area contributed by atoms with Gasteiger partial charge >= 0.3 is 0 Å². The molecule has 0 saturated carbocycles. The summed E-state index contributed by atoms with van der Waals surface area (Å²) in [5, 5.41) is 2.82. The third-order valence-electron chi connectivity index (χ3n) is 3.64. The Morgan fingerprint density at radius 2 is 1.92 bits per heavy atom. The van der Waals surface area contributed by atoms with Crippen molar-refractivity contribution in [1.82, 2.24) is 4.90 Å². The Labute approximate surface area is 160 Å². The number of imide groups is 1. The second kappa shape index (κ2) is 7.76. The van der Waals surface area contributed by atoms with Gasteiger partial charge in [0.05, 0.1) is 4.91 Å². The van der Waals surface area contributed by atoms with E-state index in [4.69, 9.17) is 11.6 Å². The molecule has 0 radical (unpaired) electrons. The highest BCUT2D eigenvalue weighted by molar-refractivity contribution is 8.18. The Morgan fingerprint density at radius 3 is 2.62 bits per heavy atom. The minimum Gasteiger partial charge on any atom is -0.325 e. The fourth-order valence-corrected chi connectivity index (χ4v) is 3.38. The van der Waals surface area contributed by atoms with Gasteiger partial charge in [-0.05, 0) is 60.2 Å². The summed E-state index contributed by atoms with van der Waals surface area (Å²) in [6.45, 7) is 1.59. The van der Waals surface area contributed by atoms with Crippen molar-refractivity contribution in [3.8, 4) is 0 Å². The number of aryl methyl sites for hydroxylation is 1. The van der Waals surface area contributed by atoms with E-state index in [1.165, 1.54) is 0 Å². The van der Waals surface area contributed by atoms with E-state index in [1.807, 2.05) is 25.1 Å². The average molecular weight is 387 g/mol. The maximum absolute atomic E-state index is 12.4. The molecule has 0 spiro atoms. The van der Waals surface area contributed by atoms with Crippen LogP contribution in [0, 0.1) is 6.92 Å². The van der Waals surface area contributed by atoms with Gasteiger partial charge in [0.1, 0.15) is 6.54 Å². The summed E-state index contributed by atoms with van der Waals surface area (Å²) in [4.78, 5) is 37.9. The van der Waals surface area contributed by atoms with Gasteiger partial charge < -0.3 is 5.32 Å². The second-order valence-electron chi connectivity index (χ2n) is 5.74. The highest BCUT2D eigenvalue weighted by Gasteiger charge is 2.36. The Morgan fingerprint density at radius 1 is 1.19 bits per heavy atom. The quantitative estimate of drug-likeness (QED) is 0.794. The largest absolute Gasteiger partial charge is 0.325 e. The number of benzene rings is 2. The Bertz CT molecular complexity index is 909. The molecule has 0 unspecified atom stereocenters. The fraction of sp³-hybridized carbons (Fsp3) is 0.105. The number of carbonyl (C=O) groups is 3. The van der Waals surface area contributed by atoms with Gasteiger partial charge in [-0.1, -0.05) is 35.9 Å². The molecule has 1 aliphatic heterocycles. The van der Waals surface area contributed by atoms with E-state index in [0.717, 1.165) is 27.8 Å². The van der Waals surface area contributed by atoms with Crippen molar-refractivity contribution in [1.29, 1.82) is 0 Å². The molecule has 1 N–H and O–H groups in total. The van der Waals surface area contributed by atoms with Gasteiger partial charge in [-0.3, -0.25) is 19.3 Å². The highest BCUT2D eigenvalue weighted by Crippen LogP contribution is 2.32. The molecular formula is C19H15ClN2O3S. The van der Waals surface area contributed by atoms with Crippen LogP contribution in [-0.4, -0.2) is 28.5 Å². The monoisotopic (exact) mass is 386 g/mol. The SMILES string of the molecule is Cc1cccc(NC(=O)CN2C(=O)SC(=Cc3ccc(Cl)cc3)C2=O)c1. The van der Waals surface area contributed by atoms with Gasteiger partial charge in [-0.15, -0.1) is 0 Å². The normalized spacial score (nSPS) is 15.6. The lowest BCUT2D eigenvalue weighted by Crippen LogP contribution is -2.36. The summed E-state index contributed by atoms with van der Waals surface area (Å²) in [6, 6.07) is 14.2. The first-order chi connectivity index (χ1) is 12.4. The van der Waals surface area contributed by atoms with Crippen molar-refractivity contribution in [2.45, 2.75) is 6.92 Å². The molecule has 1 heterocycles. The maximum atomic E-state index is 12.4. The number of hydrogen-bond acceptors (Lipinski definition) is 4. The first kappa shape index (κ1) is 18.2. The highest BCUT2D eigenvalue weighted by atomic mass is 35.5. The van der Waals surface area contributed by atoms with Crippen LogP contribution in [0.4, 0.5) is 10.5 Å². The smallest absolute Gasteiger partial charge is 0.294 e. The zero-order valence-electron chi connectivity index (χ0n) is 13.9. The van der Waals surface area contributed by atoms with E-state index in [-0.39, 0.29) is 11.4 Å². The zero-order valence-corrected chi connectivity index (χ0v) is 15.4. The van der Waals surface area contributed by atoms with E-state index < -0.39 is 17.1 Å². The Balaban J connectivity index is 1.69. The number of nitrogens with one attached hydrogen (secondary N) is 1. The van der Waals surface area contributed by atoms with Gasteiger partial charge in [-0.2, -0.15) is 0 Å². The molecule has 3 amide bonds. The van der Waals surface area contributed by atoms with Crippen LogP contribution < -0.4 is 5.32 Å². The summed E-state index contributed by atoms with van der Waals surface area (Å²) < 4.78 is 0. The first-order valence-electron chi connectivity index (χ1n) is 7.80. The summed E-state index contributed by atoms with van der Waals surface area (Å²) in [6.07, 6.45) is 1.61. The molecule has 0 atom stereocenters. The third-order valence-corrected chi connectivity index (χ3v) is 4.80. The van der Waals surface area contributed by atoms with Crippen LogP contribution in [0.25, 0.3) is 6.08 Å². The molecule has 7 heteroatoms. The lowest BCUT2D eigenvalue weighted by molar-refractivity contribution is -0.127. The molecular weight excluding hydrogens is 372 g/mol. The number of thioether (sulfide) groups is 1. The molecule has 2 aromatic carbocycles. The van der Waals surface area contributed by atoms with Crippen molar-refractivity contribution in [3.63, 3.8) is 0 Å². The zero-order chi connectivity index (χ0) is 18.7. The van der Waals surface area contributed by atoms with Gasteiger partial charge in [0, 0.05) is 10.7 Å². The van der Waals surface area contributed by atoms with E-state index >= 15 is 0 Å².